The summed E-state index contributed by atoms with van der Waals surface area (Å²) in [5.74, 6) is 0.0904. The highest BCUT2D eigenvalue weighted by molar-refractivity contribution is 5.95. The Morgan fingerprint density at radius 3 is 2.62 bits per heavy atom. The van der Waals surface area contributed by atoms with E-state index in [9.17, 15) is 4.79 Å². The Morgan fingerprint density at radius 1 is 1.44 bits per heavy atom. The number of hydrogen-bond donors (Lipinski definition) is 2. The lowest BCUT2D eigenvalue weighted by atomic mass is 9.99. The highest BCUT2D eigenvalue weighted by atomic mass is 16.2. The molecule has 2 atom stereocenters. The summed E-state index contributed by atoms with van der Waals surface area (Å²) in [7, 11) is 0. The first kappa shape index (κ1) is 12.7. The van der Waals surface area contributed by atoms with E-state index >= 15 is 0 Å². The molecule has 0 aliphatic carbocycles. The molecule has 88 valence electrons. The van der Waals surface area contributed by atoms with Gasteiger partial charge in [0.15, 0.2) is 0 Å². The Kier molecular flexibility index (Phi) is 4.50. The van der Waals surface area contributed by atoms with Crippen molar-refractivity contribution < 1.29 is 4.79 Å². The van der Waals surface area contributed by atoms with E-state index in [0.29, 0.717) is 0 Å². The molecular formula is C13H20N2O. The third-order valence-corrected chi connectivity index (χ3v) is 2.96. The fraction of sp³-hybridized carbons (Fsp3) is 0.462. The van der Waals surface area contributed by atoms with Crippen molar-refractivity contribution in [2.24, 2.45) is 11.7 Å². The number of amides is 1. The van der Waals surface area contributed by atoms with Crippen LogP contribution in [0.2, 0.25) is 0 Å². The Balaban J connectivity index is 2.68. The molecule has 1 aromatic rings. The average molecular weight is 220 g/mol. The lowest BCUT2D eigenvalue weighted by molar-refractivity contribution is -0.118. The van der Waals surface area contributed by atoms with Gasteiger partial charge in [-0.1, -0.05) is 38.5 Å². The van der Waals surface area contributed by atoms with Gasteiger partial charge in [-0.15, -0.1) is 0 Å². The van der Waals surface area contributed by atoms with Crippen molar-refractivity contribution in [3.8, 4) is 0 Å². The summed E-state index contributed by atoms with van der Waals surface area (Å²) in [4.78, 5) is 11.8. The van der Waals surface area contributed by atoms with Crippen LogP contribution >= 0.6 is 0 Å². The molecule has 1 aromatic carbocycles. The lowest BCUT2D eigenvalue weighted by Crippen LogP contribution is -2.40. The molecule has 3 N–H and O–H groups in total. The summed E-state index contributed by atoms with van der Waals surface area (Å²) in [6.45, 7) is 5.98. The van der Waals surface area contributed by atoms with Crippen LogP contribution in [0.25, 0.3) is 0 Å². The average Bonchev–Trinajstić information content (AvgIpc) is 2.30. The first-order chi connectivity index (χ1) is 7.56. The van der Waals surface area contributed by atoms with E-state index in [4.69, 9.17) is 5.73 Å². The van der Waals surface area contributed by atoms with E-state index in [2.05, 4.69) is 5.32 Å². The zero-order chi connectivity index (χ0) is 12.1. The first-order valence-electron chi connectivity index (χ1n) is 5.68. The molecule has 1 amide bonds. The maximum atomic E-state index is 11.8. The second-order valence-corrected chi connectivity index (χ2v) is 4.22. The largest absolute Gasteiger partial charge is 0.324 e. The van der Waals surface area contributed by atoms with Crippen LogP contribution in [0.15, 0.2) is 24.3 Å². The van der Waals surface area contributed by atoms with Gasteiger partial charge in [0.1, 0.15) is 0 Å². The van der Waals surface area contributed by atoms with Crippen molar-refractivity contribution >= 4 is 11.6 Å². The highest BCUT2D eigenvalue weighted by Crippen LogP contribution is 2.14. The number of carbonyl (C=O) groups is 1. The summed E-state index contributed by atoms with van der Waals surface area (Å²) in [6.07, 6.45) is 0.905. The fourth-order valence-electron chi connectivity index (χ4n) is 1.44. The van der Waals surface area contributed by atoms with E-state index in [1.807, 2.05) is 45.0 Å². The van der Waals surface area contributed by atoms with E-state index in [1.54, 1.807) is 0 Å². The molecule has 0 aliphatic rings. The summed E-state index contributed by atoms with van der Waals surface area (Å²) < 4.78 is 0. The van der Waals surface area contributed by atoms with Crippen LogP contribution in [0, 0.1) is 12.8 Å². The third-order valence-electron chi connectivity index (χ3n) is 2.96. The van der Waals surface area contributed by atoms with Crippen LogP contribution in [0.4, 0.5) is 5.69 Å². The molecule has 0 radical (unpaired) electrons. The Bertz CT molecular complexity index is 363. The molecule has 0 saturated heterocycles. The molecule has 16 heavy (non-hydrogen) atoms. The number of carbonyl (C=O) groups excluding carboxylic acids is 1. The number of anilines is 1. The minimum absolute atomic E-state index is 0.108. The fourth-order valence-corrected chi connectivity index (χ4v) is 1.44. The van der Waals surface area contributed by atoms with Gasteiger partial charge in [-0.2, -0.15) is 0 Å². The molecule has 1 rings (SSSR count). The van der Waals surface area contributed by atoms with Crippen molar-refractivity contribution in [2.75, 3.05) is 5.32 Å². The number of nitrogens with two attached hydrogens (primary N) is 1. The summed E-state index contributed by atoms with van der Waals surface area (Å²) in [5, 5.41) is 2.86. The molecule has 0 aliphatic heterocycles. The van der Waals surface area contributed by atoms with Crippen molar-refractivity contribution in [1.29, 1.82) is 0 Å². The number of rotatable bonds is 4. The normalized spacial score (nSPS) is 14.2. The number of nitrogens with one attached hydrogen (secondary N) is 1. The van der Waals surface area contributed by atoms with Gasteiger partial charge in [-0.05, 0) is 24.5 Å². The zero-order valence-corrected chi connectivity index (χ0v) is 10.2. The summed E-state index contributed by atoms with van der Waals surface area (Å²) >= 11 is 0. The molecule has 0 spiro atoms. The standard InChI is InChI=1S/C13H20N2O/c1-4-9(2)12(14)13(16)15-11-8-6-5-7-10(11)3/h5-9,12H,4,14H2,1-3H3,(H,15,16)/t9-,12+/m0/s1. The molecule has 0 bridgehead atoms. The first-order valence-corrected chi connectivity index (χ1v) is 5.68. The molecule has 3 nitrogen and oxygen atoms in total. The SMILES string of the molecule is CC[C@H](C)[C@@H](N)C(=O)Nc1ccccc1C. The minimum atomic E-state index is -0.440. The van der Waals surface area contributed by atoms with E-state index in [-0.39, 0.29) is 11.8 Å². The second-order valence-electron chi connectivity index (χ2n) is 4.22. The monoisotopic (exact) mass is 220 g/mol. The lowest BCUT2D eigenvalue weighted by Gasteiger charge is -2.18. The zero-order valence-electron chi connectivity index (χ0n) is 10.2. The van der Waals surface area contributed by atoms with Gasteiger partial charge in [0.25, 0.3) is 0 Å². The van der Waals surface area contributed by atoms with E-state index in [0.717, 1.165) is 17.7 Å². The molecular weight excluding hydrogens is 200 g/mol. The summed E-state index contributed by atoms with van der Waals surface area (Å²) in [6, 6.07) is 7.25. The van der Waals surface area contributed by atoms with Crippen molar-refractivity contribution in [3.05, 3.63) is 29.8 Å². The molecule has 0 fully saturated rings. The second kappa shape index (κ2) is 5.66. The van der Waals surface area contributed by atoms with Crippen LogP contribution in [0.3, 0.4) is 0 Å². The quantitative estimate of drug-likeness (QED) is 0.818. The third kappa shape index (κ3) is 3.07. The molecule has 0 saturated carbocycles. The maximum absolute atomic E-state index is 11.8. The Labute approximate surface area is 97.0 Å². The number of para-hydroxylation sites is 1. The molecule has 0 aromatic heterocycles. The van der Waals surface area contributed by atoms with Gasteiger partial charge in [-0.3, -0.25) is 4.79 Å². The Hall–Kier alpha value is -1.35. The van der Waals surface area contributed by atoms with E-state index in [1.165, 1.54) is 0 Å². The summed E-state index contributed by atoms with van der Waals surface area (Å²) in [5.41, 5.74) is 7.74. The van der Waals surface area contributed by atoms with Gasteiger partial charge in [0.2, 0.25) is 5.91 Å². The smallest absolute Gasteiger partial charge is 0.241 e. The van der Waals surface area contributed by atoms with Gasteiger partial charge in [0.05, 0.1) is 6.04 Å². The van der Waals surface area contributed by atoms with Crippen LogP contribution < -0.4 is 11.1 Å². The predicted octanol–water partition coefficient (Wildman–Crippen LogP) is 2.31. The van der Waals surface area contributed by atoms with E-state index < -0.39 is 6.04 Å². The highest BCUT2D eigenvalue weighted by Gasteiger charge is 2.19. The van der Waals surface area contributed by atoms with Crippen molar-refractivity contribution in [3.63, 3.8) is 0 Å². The van der Waals surface area contributed by atoms with Gasteiger partial charge < -0.3 is 11.1 Å². The maximum Gasteiger partial charge on any atom is 0.241 e. The number of aryl methyl sites for hydroxylation is 1. The van der Waals surface area contributed by atoms with Crippen LogP contribution in [0.5, 0.6) is 0 Å². The van der Waals surface area contributed by atoms with Crippen molar-refractivity contribution in [1.82, 2.24) is 0 Å². The van der Waals surface area contributed by atoms with Crippen LogP contribution in [-0.2, 0) is 4.79 Å². The van der Waals surface area contributed by atoms with Crippen molar-refractivity contribution in [2.45, 2.75) is 33.2 Å². The number of hydrogen-bond acceptors (Lipinski definition) is 2. The van der Waals surface area contributed by atoms with Gasteiger partial charge in [-0.25, -0.2) is 0 Å². The van der Waals surface area contributed by atoms with Crippen LogP contribution in [-0.4, -0.2) is 11.9 Å². The molecule has 0 heterocycles. The molecule has 0 unspecified atom stereocenters. The Morgan fingerprint density at radius 2 is 2.06 bits per heavy atom. The predicted molar refractivity (Wildman–Crippen MR) is 67.2 cm³/mol. The topological polar surface area (TPSA) is 55.1 Å². The van der Waals surface area contributed by atoms with Crippen LogP contribution in [0.1, 0.15) is 25.8 Å². The van der Waals surface area contributed by atoms with Gasteiger partial charge in [0, 0.05) is 5.69 Å². The minimum Gasteiger partial charge on any atom is -0.324 e. The van der Waals surface area contributed by atoms with Gasteiger partial charge >= 0.3 is 0 Å². The number of benzene rings is 1. The molecule has 3 heteroatoms.